The molecule has 0 aliphatic heterocycles. The minimum Gasteiger partial charge on any atom is -0.465 e. The molecule has 1 aromatic heterocycles. The van der Waals surface area contributed by atoms with Crippen LogP contribution in [0.3, 0.4) is 0 Å². The van der Waals surface area contributed by atoms with Gasteiger partial charge in [-0.25, -0.2) is 5.43 Å². The molecule has 1 unspecified atom stereocenters. The average molecular weight is 531 g/mol. The Kier molecular flexibility index (Phi) is 9.12. The molecule has 36 heavy (non-hydrogen) atoms. The van der Waals surface area contributed by atoms with Crippen LogP contribution in [0.2, 0.25) is 10.0 Å². The Balaban J connectivity index is 1.77. The first-order valence-electron chi connectivity index (χ1n) is 11.5. The van der Waals surface area contributed by atoms with Crippen LogP contribution in [-0.4, -0.2) is 41.2 Å². The van der Waals surface area contributed by atoms with Crippen LogP contribution in [0.25, 0.3) is 10.9 Å². The number of amides is 2. The van der Waals surface area contributed by atoms with E-state index in [1.165, 1.54) is 24.4 Å². The first-order valence-corrected chi connectivity index (χ1v) is 12.2. The van der Waals surface area contributed by atoms with Crippen molar-refractivity contribution in [1.82, 2.24) is 15.3 Å². The average Bonchev–Trinajstić information content (AvgIpc) is 3.10. The number of ether oxygens (including phenoxy) is 1. The zero-order valence-corrected chi connectivity index (χ0v) is 22.0. The Morgan fingerprint density at radius 2 is 1.83 bits per heavy atom. The van der Waals surface area contributed by atoms with Crippen molar-refractivity contribution in [2.24, 2.45) is 11.0 Å². The number of nitrogens with zero attached hydrogens (tertiary/aromatic N) is 2. The van der Waals surface area contributed by atoms with E-state index in [2.05, 4.69) is 15.8 Å². The van der Waals surface area contributed by atoms with Crippen molar-refractivity contribution >= 4 is 58.1 Å². The van der Waals surface area contributed by atoms with Gasteiger partial charge in [-0.15, -0.1) is 0 Å². The molecule has 1 heterocycles. The predicted octanol–water partition coefficient (Wildman–Crippen LogP) is 4.72. The molecule has 2 aromatic carbocycles. The number of esters is 1. The van der Waals surface area contributed by atoms with Crippen LogP contribution < -0.4 is 10.7 Å². The van der Waals surface area contributed by atoms with E-state index in [4.69, 9.17) is 27.9 Å². The number of fused-ring (bicyclic) bond motifs is 1. The molecule has 10 heteroatoms. The highest BCUT2D eigenvalue weighted by molar-refractivity contribution is 6.42. The zero-order valence-electron chi connectivity index (χ0n) is 20.5. The summed E-state index contributed by atoms with van der Waals surface area (Å²) >= 11 is 11.9. The first kappa shape index (κ1) is 27.2. The fourth-order valence-corrected chi connectivity index (χ4v) is 4.09. The molecule has 0 saturated carbocycles. The zero-order chi connectivity index (χ0) is 26.4. The second-order valence-electron chi connectivity index (χ2n) is 8.47. The lowest BCUT2D eigenvalue weighted by molar-refractivity contribution is -0.143. The summed E-state index contributed by atoms with van der Waals surface area (Å²) in [5.74, 6) is -1.47. The number of aromatic nitrogens is 1. The number of rotatable bonds is 9. The minimum absolute atomic E-state index is 0.0660. The van der Waals surface area contributed by atoms with Gasteiger partial charge in [-0.05, 0) is 44.0 Å². The summed E-state index contributed by atoms with van der Waals surface area (Å²) < 4.78 is 6.95. The summed E-state index contributed by atoms with van der Waals surface area (Å²) in [4.78, 5) is 37.7. The van der Waals surface area contributed by atoms with Crippen LogP contribution in [0.1, 0.15) is 42.4 Å². The fraction of sp³-hybridized carbons (Fsp3) is 0.308. The van der Waals surface area contributed by atoms with Gasteiger partial charge in [-0.2, -0.15) is 5.10 Å². The molecule has 3 rings (SSSR count). The molecule has 8 nitrogen and oxygen atoms in total. The number of carbonyl (C=O) groups excluding carboxylic acids is 3. The van der Waals surface area contributed by atoms with Gasteiger partial charge in [0, 0.05) is 27.7 Å². The molecule has 190 valence electrons. The van der Waals surface area contributed by atoms with Crippen LogP contribution in [0.15, 0.2) is 47.6 Å². The molecular formula is C26H28Cl2N4O4. The van der Waals surface area contributed by atoms with Gasteiger partial charge in [-0.3, -0.25) is 14.4 Å². The number of benzene rings is 2. The Morgan fingerprint density at radius 1 is 1.11 bits per heavy atom. The maximum absolute atomic E-state index is 12.9. The molecule has 3 aromatic rings. The van der Waals surface area contributed by atoms with Gasteiger partial charge >= 0.3 is 5.97 Å². The molecule has 1 atom stereocenters. The standard InChI is InChI=1S/C26H28Cl2N4O4/c1-5-36-23(33)14-32-16(4)19(18-8-6-7-9-22(18)32)13-29-31-26(35)24(15(2)3)30-25(34)17-10-11-20(27)21(28)12-17/h6-13,15,24H,5,14H2,1-4H3,(H,30,34)(H,31,35)/b29-13-. The highest BCUT2D eigenvalue weighted by Gasteiger charge is 2.25. The molecule has 0 aliphatic carbocycles. The monoisotopic (exact) mass is 530 g/mol. The van der Waals surface area contributed by atoms with Crippen LogP contribution in [0.5, 0.6) is 0 Å². The van der Waals surface area contributed by atoms with E-state index in [9.17, 15) is 14.4 Å². The Bertz CT molecular complexity index is 1320. The van der Waals surface area contributed by atoms with Crippen molar-refractivity contribution in [3.05, 3.63) is 69.3 Å². The van der Waals surface area contributed by atoms with Gasteiger partial charge < -0.3 is 14.6 Å². The third-order valence-corrected chi connectivity index (χ3v) is 6.40. The minimum atomic E-state index is -0.838. The third kappa shape index (κ3) is 6.25. The largest absolute Gasteiger partial charge is 0.465 e. The molecule has 2 N–H and O–H groups in total. The molecule has 0 radical (unpaired) electrons. The molecule has 2 amide bonds. The van der Waals surface area contributed by atoms with Crippen molar-refractivity contribution < 1.29 is 19.1 Å². The SMILES string of the molecule is CCOC(=O)Cn1c(C)c(/C=N\NC(=O)C(NC(=O)c2ccc(Cl)c(Cl)c2)C(C)C)c2ccccc21. The van der Waals surface area contributed by atoms with E-state index in [0.717, 1.165) is 22.2 Å². The normalized spacial score (nSPS) is 12.2. The van der Waals surface area contributed by atoms with E-state index in [0.29, 0.717) is 11.6 Å². The fourth-order valence-electron chi connectivity index (χ4n) is 3.79. The number of carbonyl (C=O) groups is 3. The lowest BCUT2D eigenvalue weighted by Crippen LogP contribution is -2.48. The van der Waals surface area contributed by atoms with E-state index in [1.54, 1.807) is 6.92 Å². The van der Waals surface area contributed by atoms with E-state index < -0.39 is 17.9 Å². The van der Waals surface area contributed by atoms with Crippen molar-refractivity contribution in [3.8, 4) is 0 Å². The van der Waals surface area contributed by atoms with E-state index >= 15 is 0 Å². The lowest BCUT2D eigenvalue weighted by Gasteiger charge is -2.20. The van der Waals surface area contributed by atoms with Crippen molar-refractivity contribution in [2.75, 3.05) is 6.61 Å². The first-order chi connectivity index (χ1) is 17.1. The summed E-state index contributed by atoms with van der Waals surface area (Å²) in [6.07, 6.45) is 1.54. The number of nitrogens with one attached hydrogen (secondary N) is 2. The summed E-state index contributed by atoms with van der Waals surface area (Å²) in [7, 11) is 0. The van der Waals surface area contributed by atoms with Gasteiger partial charge in [0.2, 0.25) is 0 Å². The van der Waals surface area contributed by atoms with Crippen molar-refractivity contribution in [2.45, 2.75) is 40.3 Å². The maximum Gasteiger partial charge on any atom is 0.325 e. The Labute approximate surface area is 219 Å². The van der Waals surface area contributed by atoms with Crippen LogP contribution >= 0.6 is 23.2 Å². The molecule has 0 aliphatic rings. The van der Waals surface area contributed by atoms with E-state index in [1.807, 2.05) is 49.6 Å². The number of hydrogen-bond donors (Lipinski definition) is 2. The second kappa shape index (κ2) is 12.1. The predicted molar refractivity (Wildman–Crippen MR) is 142 cm³/mol. The van der Waals surface area contributed by atoms with Gasteiger partial charge in [0.15, 0.2) is 0 Å². The number of para-hydroxylation sites is 1. The molecule has 0 spiro atoms. The summed E-state index contributed by atoms with van der Waals surface area (Å²) in [5.41, 5.74) is 5.22. The van der Waals surface area contributed by atoms with Crippen LogP contribution in [-0.2, 0) is 20.9 Å². The number of hydrazone groups is 1. The van der Waals surface area contributed by atoms with Crippen LogP contribution in [0.4, 0.5) is 0 Å². The summed E-state index contributed by atoms with van der Waals surface area (Å²) in [5, 5.41) is 8.33. The quantitative estimate of drug-likeness (QED) is 0.237. The molecule has 0 fully saturated rings. The lowest BCUT2D eigenvalue weighted by atomic mass is 10.0. The molecule has 0 saturated heterocycles. The van der Waals surface area contributed by atoms with Gasteiger partial charge in [0.05, 0.1) is 22.9 Å². The van der Waals surface area contributed by atoms with Gasteiger partial charge in [-0.1, -0.05) is 55.2 Å². The van der Waals surface area contributed by atoms with Crippen molar-refractivity contribution in [1.29, 1.82) is 0 Å². The highest BCUT2D eigenvalue weighted by Crippen LogP contribution is 2.25. The van der Waals surface area contributed by atoms with E-state index in [-0.39, 0.29) is 29.0 Å². The maximum atomic E-state index is 12.9. The molecular weight excluding hydrogens is 503 g/mol. The Hall–Kier alpha value is -3.36. The van der Waals surface area contributed by atoms with Gasteiger partial charge in [0.25, 0.3) is 11.8 Å². The third-order valence-electron chi connectivity index (χ3n) is 5.66. The summed E-state index contributed by atoms with van der Waals surface area (Å²) in [6, 6.07) is 11.3. The smallest absolute Gasteiger partial charge is 0.325 e. The second-order valence-corrected chi connectivity index (χ2v) is 9.28. The number of halogens is 2. The van der Waals surface area contributed by atoms with Crippen molar-refractivity contribution in [3.63, 3.8) is 0 Å². The Morgan fingerprint density at radius 3 is 2.50 bits per heavy atom. The summed E-state index contributed by atoms with van der Waals surface area (Å²) in [6.45, 7) is 7.63. The number of hydrogen-bond acceptors (Lipinski definition) is 5. The molecule has 0 bridgehead atoms. The highest BCUT2D eigenvalue weighted by atomic mass is 35.5. The topological polar surface area (TPSA) is 102 Å². The van der Waals surface area contributed by atoms with Crippen LogP contribution in [0, 0.1) is 12.8 Å². The van der Waals surface area contributed by atoms with Gasteiger partial charge in [0.1, 0.15) is 12.6 Å².